The highest BCUT2D eigenvalue weighted by Crippen LogP contribution is 2.26. The zero-order valence-corrected chi connectivity index (χ0v) is 13.3. The number of nitrogens with zero attached hydrogens (tertiary/aromatic N) is 1. The molecule has 0 aliphatic heterocycles. The standard InChI is InChI=1S/C16H16BrN3O/c1-10-2-5-14(13(17)8-10)20-16(21)15-9-12(6-7-18-15)19-11-3-4-11/h2,5-9,11H,3-4H2,1H3,(H,18,19)(H,20,21). The van der Waals surface area contributed by atoms with Gasteiger partial charge in [0.25, 0.3) is 5.91 Å². The molecular weight excluding hydrogens is 330 g/mol. The summed E-state index contributed by atoms with van der Waals surface area (Å²) in [7, 11) is 0. The lowest BCUT2D eigenvalue weighted by Gasteiger charge is -2.09. The number of hydrogen-bond donors (Lipinski definition) is 2. The van der Waals surface area contributed by atoms with Crippen LogP contribution in [0.2, 0.25) is 0 Å². The first kappa shape index (κ1) is 14.1. The van der Waals surface area contributed by atoms with E-state index < -0.39 is 0 Å². The number of aryl methyl sites for hydroxylation is 1. The van der Waals surface area contributed by atoms with Gasteiger partial charge in [-0.1, -0.05) is 6.07 Å². The highest BCUT2D eigenvalue weighted by Gasteiger charge is 2.21. The van der Waals surface area contributed by atoms with Gasteiger partial charge in [-0.15, -0.1) is 0 Å². The Morgan fingerprint density at radius 3 is 2.81 bits per heavy atom. The minimum atomic E-state index is -0.209. The van der Waals surface area contributed by atoms with Crippen molar-refractivity contribution in [1.29, 1.82) is 0 Å². The first-order chi connectivity index (χ1) is 10.1. The Morgan fingerprint density at radius 1 is 1.29 bits per heavy atom. The van der Waals surface area contributed by atoms with Gasteiger partial charge in [0.2, 0.25) is 0 Å². The van der Waals surface area contributed by atoms with Crippen molar-refractivity contribution in [2.24, 2.45) is 0 Å². The number of amides is 1. The molecule has 2 N–H and O–H groups in total. The fraction of sp³-hybridized carbons (Fsp3) is 0.250. The number of anilines is 2. The van der Waals surface area contributed by atoms with Crippen molar-refractivity contribution in [2.75, 3.05) is 10.6 Å². The molecule has 0 spiro atoms. The van der Waals surface area contributed by atoms with E-state index in [1.54, 1.807) is 12.3 Å². The Kier molecular flexibility index (Phi) is 3.92. The highest BCUT2D eigenvalue weighted by atomic mass is 79.9. The Bertz CT molecular complexity index is 683. The van der Waals surface area contributed by atoms with Crippen molar-refractivity contribution in [2.45, 2.75) is 25.8 Å². The number of halogens is 1. The van der Waals surface area contributed by atoms with Gasteiger partial charge in [0.15, 0.2) is 0 Å². The number of benzene rings is 1. The van der Waals surface area contributed by atoms with Gasteiger partial charge >= 0.3 is 0 Å². The Morgan fingerprint density at radius 2 is 2.10 bits per heavy atom. The molecule has 0 unspecified atom stereocenters. The van der Waals surface area contributed by atoms with E-state index in [4.69, 9.17) is 0 Å². The second-order valence-corrected chi connectivity index (χ2v) is 6.14. The summed E-state index contributed by atoms with van der Waals surface area (Å²) in [5.74, 6) is -0.209. The number of nitrogens with one attached hydrogen (secondary N) is 2. The fourth-order valence-corrected chi connectivity index (χ4v) is 2.61. The molecule has 0 saturated heterocycles. The number of rotatable bonds is 4. The van der Waals surface area contributed by atoms with Crippen LogP contribution in [0, 0.1) is 6.92 Å². The average molecular weight is 346 g/mol. The summed E-state index contributed by atoms with van der Waals surface area (Å²) in [4.78, 5) is 16.4. The van der Waals surface area contributed by atoms with E-state index in [1.165, 1.54) is 12.8 Å². The SMILES string of the molecule is Cc1ccc(NC(=O)c2cc(NC3CC3)ccn2)c(Br)c1. The number of pyridine rings is 1. The van der Waals surface area contributed by atoms with Gasteiger partial charge in [0.05, 0.1) is 5.69 Å². The molecule has 1 aromatic carbocycles. The molecule has 1 saturated carbocycles. The van der Waals surface area contributed by atoms with Crippen LogP contribution in [-0.2, 0) is 0 Å². The molecular formula is C16H16BrN3O. The van der Waals surface area contributed by atoms with E-state index in [2.05, 4.69) is 31.5 Å². The Hall–Kier alpha value is -1.88. The molecule has 2 aromatic rings. The third-order valence-corrected chi connectivity index (χ3v) is 3.97. The molecule has 21 heavy (non-hydrogen) atoms. The monoisotopic (exact) mass is 345 g/mol. The van der Waals surface area contributed by atoms with Gasteiger partial charge in [0, 0.05) is 22.4 Å². The Labute approximate surface area is 132 Å². The van der Waals surface area contributed by atoms with Crippen LogP contribution < -0.4 is 10.6 Å². The van der Waals surface area contributed by atoms with E-state index in [0.29, 0.717) is 11.7 Å². The van der Waals surface area contributed by atoms with Crippen LogP contribution in [0.25, 0.3) is 0 Å². The summed E-state index contributed by atoms with van der Waals surface area (Å²) in [6.45, 7) is 2.00. The highest BCUT2D eigenvalue weighted by molar-refractivity contribution is 9.10. The van der Waals surface area contributed by atoms with E-state index >= 15 is 0 Å². The summed E-state index contributed by atoms with van der Waals surface area (Å²) < 4.78 is 0.864. The molecule has 1 fully saturated rings. The summed E-state index contributed by atoms with van der Waals surface area (Å²) >= 11 is 3.46. The second kappa shape index (κ2) is 5.85. The minimum Gasteiger partial charge on any atom is -0.382 e. The fourth-order valence-electron chi connectivity index (χ4n) is 2.02. The maximum atomic E-state index is 12.3. The van der Waals surface area contributed by atoms with E-state index in [-0.39, 0.29) is 5.91 Å². The molecule has 0 radical (unpaired) electrons. The van der Waals surface area contributed by atoms with Crippen LogP contribution in [0.5, 0.6) is 0 Å². The molecule has 108 valence electrons. The Balaban J connectivity index is 1.75. The van der Waals surface area contributed by atoms with Gasteiger partial charge < -0.3 is 10.6 Å². The van der Waals surface area contributed by atoms with Crippen LogP contribution >= 0.6 is 15.9 Å². The molecule has 3 rings (SSSR count). The zero-order valence-electron chi connectivity index (χ0n) is 11.7. The van der Waals surface area contributed by atoms with Crippen LogP contribution in [0.3, 0.4) is 0 Å². The largest absolute Gasteiger partial charge is 0.382 e. The van der Waals surface area contributed by atoms with E-state index in [9.17, 15) is 4.79 Å². The first-order valence-corrected chi connectivity index (χ1v) is 7.71. The van der Waals surface area contributed by atoms with Crippen molar-refractivity contribution in [3.63, 3.8) is 0 Å². The number of hydrogen-bond acceptors (Lipinski definition) is 3. The van der Waals surface area contributed by atoms with Gasteiger partial charge in [-0.25, -0.2) is 0 Å². The molecule has 0 atom stereocenters. The van der Waals surface area contributed by atoms with Gasteiger partial charge in [0.1, 0.15) is 5.69 Å². The molecule has 1 aliphatic carbocycles. The predicted molar refractivity (Wildman–Crippen MR) is 87.7 cm³/mol. The van der Waals surface area contributed by atoms with Gasteiger partial charge in [-0.05, 0) is 65.5 Å². The average Bonchev–Trinajstić information content (AvgIpc) is 3.26. The molecule has 0 bridgehead atoms. The summed E-state index contributed by atoms with van der Waals surface area (Å²) in [6, 6.07) is 10.0. The first-order valence-electron chi connectivity index (χ1n) is 6.92. The second-order valence-electron chi connectivity index (χ2n) is 5.29. The van der Waals surface area contributed by atoms with Gasteiger partial charge in [-0.3, -0.25) is 9.78 Å². The summed E-state index contributed by atoms with van der Waals surface area (Å²) in [6.07, 6.45) is 4.05. The van der Waals surface area contributed by atoms with Crippen molar-refractivity contribution >= 4 is 33.2 Å². The summed E-state index contributed by atoms with van der Waals surface area (Å²) in [5.41, 5.74) is 3.23. The lowest BCUT2D eigenvalue weighted by Crippen LogP contribution is -2.14. The van der Waals surface area contributed by atoms with Gasteiger partial charge in [-0.2, -0.15) is 0 Å². The lowest BCUT2D eigenvalue weighted by atomic mass is 10.2. The minimum absolute atomic E-state index is 0.209. The van der Waals surface area contributed by atoms with Crippen LogP contribution in [0.4, 0.5) is 11.4 Å². The molecule has 5 heteroatoms. The molecule has 1 aromatic heterocycles. The third-order valence-electron chi connectivity index (χ3n) is 3.31. The maximum Gasteiger partial charge on any atom is 0.274 e. The van der Waals surface area contributed by atoms with Crippen LogP contribution in [0.15, 0.2) is 41.0 Å². The van der Waals surface area contributed by atoms with E-state index in [0.717, 1.165) is 21.4 Å². The van der Waals surface area contributed by atoms with Crippen molar-refractivity contribution in [3.8, 4) is 0 Å². The third kappa shape index (κ3) is 3.61. The molecule has 1 heterocycles. The number of carbonyl (C=O) groups excluding carboxylic acids is 1. The molecule has 4 nitrogen and oxygen atoms in total. The molecule has 1 aliphatic rings. The predicted octanol–water partition coefficient (Wildman–Crippen LogP) is 3.98. The quantitative estimate of drug-likeness (QED) is 0.881. The zero-order chi connectivity index (χ0) is 14.8. The smallest absolute Gasteiger partial charge is 0.274 e. The van der Waals surface area contributed by atoms with E-state index in [1.807, 2.05) is 31.2 Å². The van der Waals surface area contributed by atoms with Crippen molar-refractivity contribution < 1.29 is 4.79 Å². The molecule has 1 amide bonds. The van der Waals surface area contributed by atoms with Crippen molar-refractivity contribution in [1.82, 2.24) is 4.98 Å². The normalized spacial score (nSPS) is 13.8. The topological polar surface area (TPSA) is 54.0 Å². The van der Waals surface area contributed by atoms with Crippen LogP contribution in [0.1, 0.15) is 28.9 Å². The number of carbonyl (C=O) groups is 1. The van der Waals surface area contributed by atoms with Crippen molar-refractivity contribution in [3.05, 3.63) is 52.3 Å². The summed E-state index contributed by atoms with van der Waals surface area (Å²) in [5, 5.41) is 6.24. The van der Waals surface area contributed by atoms with Crippen LogP contribution in [-0.4, -0.2) is 16.9 Å². The lowest BCUT2D eigenvalue weighted by molar-refractivity contribution is 0.102. The number of aromatic nitrogens is 1. The maximum absolute atomic E-state index is 12.3.